The van der Waals surface area contributed by atoms with Gasteiger partial charge in [0.25, 0.3) is 5.69 Å². The molecule has 0 spiro atoms. The predicted molar refractivity (Wildman–Crippen MR) is 68.7 cm³/mol. The second-order valence-corrected chi connectivity index (χ2v) is 3.95. The number of rotatable bonds is 5. The maximum absolute atomic E-state index is 13.3. The number of ether oxygens (including phenoxy) is 1. The van der Waals surface area contributed by atoms with Crippen LogP contribution in [0.25, 0.3) is 0 Å². The van der Waals surface area contributed by atoms with Crippen LogP contribution in [-0.4, -0.2) is 11.5 Å². The quantitative estimate of drug-likeness (QED) is 0.612. The lowest BCUT2D eigenvalue weighted by molar-refractivity contribution is -0.384. The maximum Gasteiger partial charge on any atom is 0.269 e. The molecule has 0 heterocycles. The molecule has 19 heavy (non-hydrogen) atoms. The van der Waals surface area contributed by atoms with Crippen molar-refractivity contribution < 1.29 is 14.1 Å². The molecule has 4 nitrogen and oxygen atoms in total. The number of halogens is 1. The van der Waals surface area contributed by atoms with Gasteiger partial charge < -0.3 is 4.74 Å². The molecule has 0 aliphatic rings. The van der Waals surface area contributed by atoms with Crippen LogP contribution in [0.4, 0.5) is 10.1 Å². The summed E-state index contributed by atoms with van der Waals surface area (Å²) in [7, 11) is 0. The largest absolute Gasteiger partial charge is 0.490 e. The van der Waals surface area contributed by atoms with Crippen molar-refractivity contribution in [2.75, 3.05) is 6.61 Å². The molecule has 0 N–H and O–H groups in total. The zero-order chi connectivity index (χ0) is 13.7. The normalized spacial score (nSPS) is 10.2. The van der Waals surface area contributed by atoms with Gasteiger partial charge in [-0.25, -0.2) is 4.39 Å². The van der Waals surface area contributed by atoms with Crippen molar-refractivity contribution in [3.8, 4) is 5.75 Å². The van der Waals surface area contributed by atoms with Crippen LogP contribution < -0.4 is 4.74 Å². The van der Waals surface area contributed by atoms with Crippen LogP contribution in [0.1, 0.15) is 5.56 Å². The van der Waals surface area contributed by atoms with Gasteiger partial charge in [0.15, 0.2) is 11.6 Å². The van der Waals surface area contributed by atoms with E-state index in [1.54, 1.807) is 30.3 Å². The Hall–Kier alpha value is -2.43. The van der Waals surface area contributed by atoms with Crippen LogP contribution in [0.5, 0.6) is 5.75 Å². The average molecular weight is 261 g/mol. The Balaban J connectivity index is 1.89. The van der Waals surface area contributed by atoms with Gasteiger partial charge in [0.1, 0.15) is 0 Å². The highest BCUT2D eigenvalue weighted by Gasteiger charge is 2.05. The summed E-state index contributed by atoms with van der Waals surface area (Å²) in [5.41, 5.74) is 0.959. The molecule has 0 atom stereocenters. The molecular weight excluding hydrogens is 249 g/mol. The van der Waals surface area contributed by atoms with E-state index in [2.05, 4.69) is 0 Å². The Morgan fingerprint density at radius 1 is 1.11 bits per heavy atom. The summed E-state index contributed by atoms with van der Waals surface area (Å²) in [4.78, 5) is 10.0. The lowest BCUT2D eigenvalue weighted by Crippen LogP contribution is -2.02. The van der Waals surface area contributed by atoms with Crippen LogP contribution in [0.2, 0.25) is 0 Å². The van der Waals surface area contributed by atoms with Crippen molar-refractivity contribution in [3.63, 3.8) is 0 Å². The number of para-hydroxylation sites is 1. The van der Waals surface area contributed by atoms with Gasteiger partial charge in [0.2, 0.25) is 0 Å². The Morgan fingerprint density at radius 3 is 2.42 bits per heavy atom. The third-order valence-electron chi connectivity index (χ3n) is 2.63. The van der Waals surface area contributed by atoms with Crippen molar-refractivity contribution in [2.45, 2.75) is 6.42 Å². The van der Waals surface area contributed by atoms with E-state index in [-0.39, 0.29) is 11.4 Å². The molecule has 0 radical (unpaired) electrons. The van der Waals surface area contributed by atoms with Crippen molar-refractivity contribution in [3.05, 3.63) is 70.0 Å². The van der Waals surface area contributed by atoms with Gasteiger partial charge in [-0.05, 0) is 17.7 Å². The Kier molecular flexibility index (Phi) is 4.07. The summed E-state index contributed by atoms with van der Waals surface area (Å²) < 4.78 is 18.6. The zero-order valence-electron chi connectivity index (χ0n) is 10.1. The van der Waals surface area contributed by atoms with E-state index in [1.165, 1.54) is 18.2 Å². The highest BCUT2D eigenvalue weighted by atomic mass is 19.1. The summed E-state index contributed by atoms with van der Waals surface area (Å²) >= 11 is 0. The van der Waals surface area contributed by atoms with Crippen LogP contribution >= 0.6 is 0 Å². The van der Waals surface area contributed by atoms with Crippen LogP contribution in [0.3, 0.4) is 0 Å². The molecule has 0 aliphatic carbocycles. The molecule has 2 aromatic rings. The summed E-state index contributed by atoms with van der Waals surface area (Å²) in [5.74, 6) is -0.185. The Labute approximate surface area is 109 Å². The zero-order valence-corrected chi connectivity index (χ0v) is 10.1. The van der Waals surface area contributed by atoms with Gasteiger partial charge >= 0.3 is 0 Å². The first kappa shape index (κ1) is 13.0. The van der Waals surface area contributed by atoms with E-state index in [1.807, 2.05) is 0 Å². The van der Waals surface area contributed by atoms with Gasteiger partial charge in [0.05, 0.1) is 11.5 Å². The summed E-state index contributed by atoms with van der Waals surface area (Å²) in [6.07, 6.45) is 0.562. The number of non-ortho nitro benzene ring substituents is 1. The van der Waals surface area contributed by atoms with Gasteiger partial charge in [-0.15, -0.1) is 0 Å². The summed E-state index contributed by atoms with van der Waals surface area (Å²) in [6, 6.07) is 12.4. The molecule has 0 bridgehead atoms. The first-order chi connectivity index (χ1) is 9.16. The minimum absolute atomic E-state index is 0.0544. The monoisotopic (exact) mass is 261 g/mol. The fraction of sp³-hybridized carbons (Fsp3) is 0.143. The molecule has 0 fully saturated rings. The molecule has 0 aliphatic heterocycles. The first-order valence-corrected chi connectivity index (χ1v) is 5.77. The average Bonchev–Trinajstić information content (AvgIpc) is 2.41. The number of nitro benzene ring substituents is 1. The SMILES string of the molecule is O=[N+]([O-])c1ccc(CCOc2ccccc2F)cc1. The minimum Gasteiger partial charge on any atom is -0.490 e. The van der Waals surface area contributed by atoms with E-state index >= 15 is 0 Å². The van der Waals surface area contributed by atoms with Crippen LogP contribution in [-0.2, 0) is 6.42 Å². The fourth-order valence-electron chi connectivity index (χ4n) is 1.62. The second-order valence-electron chi connectivity index (χ2n) is 3.95. The molecule has 98 valence electrons. The highest BCUT2D eigenvalue weighted by molar-refractivity contribution is 5.33. The predicted octanol–water partition coefficient (Wildman–Crippen LogP) is 3.36. The molecule has 0 saturated heterocycles. The number of hydrogen-bond donors (Lipinski definition) is 0. The maximum atomic E-state index is 13.3. The molecule has 2 rings (SSSR count). The van der Waals surface area contributed by atoms with Crippen molar-refractivity contribution >= 4 is 5.69 Å². The van der Waals surface area contributed by atoms with Gasteiger partial charge in [0, 0.05) is 18.6 Å². The molecule has 0 unspecified atom stereocenters. The molecular formula is C14H12FNO3. The first-order valence-electron chi connectivity index (χ1n) is 5.77. The Bertz CT molecular complexity index is 569. The third kappa shape index (κ3) is 3.51. The number of nitro groups is 1. The van der Waals surface area contributed by atoms with Crippen LogP contribution in [0, 0.1) is 15.9 Å². The topological polar surface area (TPSA) is 52.4 Å². The van der Waals surface area contributed by atoms with Gasteiger partial charge in [-0.1, -0.05) is 24.3 Å². The molecule has 0 aromatic heterocycles. The third-order valence-corrected chi connectivity index (χ3v) is 2.63. The second kappa shape index (κ2) is 5.95. The van der Waals surface area contributed by atoms with Gasteiger partial charge in [-0.3, -0.25) is 10.1 Å². The molecule has 0 saturated carbocycles. The standard InChI is InChI=1S/C14H12FNO3/c15-13-3-1-2-4-14(13)19-10-9-11-5-7-12(8-6-11)16(17)18/h1-8H,9-10H2. The van der Waals surface area contributed by atoms with Gasteiger partial charge in [-0.2, -0.15) is 0 Å². The minimum atomic E-state index is -0.445. The van der Waals surface area contributed by atoms with E-state index in [0.717, 1.165) is 5.56 Å². The van der Waals surface area contributed by atoms with Crippen LogP contribution in [0.15, 0.2) is 48.5 Å². The summed E-state index contributed by atoms with van der Waals surface area (Å²) in [5, 5.41) is 10.5. The molecule has 0 amide bonds. The lowest BCUT2D eigenvalue weighted by Gasteiger charge is -2.06. The Morgan fingerprint density at radius 2 is 1.79 bits per heavy atom. The van der Waals surface area contributed by atoms with Crippen molar-refractivity contribution in [1.29, 1.82) is 0 Å². The number of hydrogen-bond acceptors (Lipinski definition) is 3. The number of nitrogens with zero attached hydrogens (tertiary/aromatic N) is 1. The van der Waals surface area contributed by atoms with E-state index < -0.39 is 10.7 Å². The van der Waals surface area contributed by atoms with E-state index in [4.69, 9.17) is 4.74 Å². The molecule has 2 aromatic carbocycles. The smallest absolute Gasteiger partial charge is 0.269 e. The number of benzene rings is 2. The highest BCUT2D eigenvalue weighted by Crippen LogP contribution is 2.16. The van der Waals surface area contributed by atoms with E-state index in [9.17, 15) is 14.5 Å². The van der Waals surface area contributed by atoms with Crippen molar-refractivity contribution in [1.82, 2.24) is 0 Å². The van der Waals surface area contributed by atoms with E-state index in [0.29, 0.717) is 13.0 Å². The lowest BCUT2D eigenvalue weighted by atomic mass is 10.1. The summed E-state index contributed by atoms with van der Waals surface area (Å²) in [6.45, 7) is 0.318. The molecule has 5 heteroatoms. The fourth-order valence-corrected chi connectivity index (χ4v) is 1.62. The van der Waals surface area contributed by atoms with Crippen molar-refractivity contribution in [2.24, 2.45) is 0 Å².